The molecule has 0 fully saturated rings. The minimum Gasteiger partial charge on any atom is -0.397 e. The maximum Gasteiger partial charge on any atom is 0.138 e. The van der Waals surface area contributed by atoms with Crippen LogP contribution in [0.2, 0.25) is 0 Å². The van der Waals surface area contributed by atoms with Crippen LogP contribution in [0.1, 0.15) is 12.5 Å². The zero-order valence-corrected chi connectivity index (χ0v) is 10.3. The van der Waals surface area contributed by atoms with Crippen LogP contribution in [0.25, 0.3) is 22.4 Å². The van der Waals surface area contributed by atoms with Gasteiger partial charge in [0.05, 0.1) is 11.2 Å². The summed E-state index contributed by atoms with van der Waals surface area (Å²) in [7, 11) is 0. The first kappa shape index (κ1) is 10.8. The molecule has 0 saturated heterocycles. The number of nitrogens with one attached hydrogen (secondary N) is 1. The van der Waals surface area contributed by atoms with E-state index in [-0.39, 0.29) is 0 Å². The van der Waals surface area contributed by atoms with E-state index in [9.17, 15) is 0 Å². The lowest BCUT2D eigenvalue weighted by Crippen LogP contribution is -1.85. The number of nitrogens with two attached hydrogens (primary N) is 1. The predicted octanol–water partition coefficient (Wildman–Crippen LogP) is 3.37. The number of rotatable bonds is 2. The van der Waals surface area contributed by atoms with Gasteiger partial charge in [0, 0.05) is 5.56 Å². The molecule has 2 aromatic carbocycles. The molecule has 0 bridgehead atoms. The molecule has 0 amide bonds. The Kier molecular flexibility index (Phi) is 2.52. The van der Waals surface area contributed by atoms with E-state index in [0.717, 1.165) is 28.8 Å². The number of fused-ring (bicyclic) bond motifs is 1. The van der Waals surface area contributed by atoms with E-state index in [1.165, 1.54) is 5.56 Å². The minimum absolute atomic E-state index is 0.708. The molecule has 3 rings (SSSR count). The zero-order chi connectivity index (χ0) is 12.5. The first-order valence-corrected chi connectivity index (χ1v) is 6.11. The van der Waals surface area contributed by atoms with Crippen molar-refractivity contribution in [2.75, 3.05) is 5.73 Å². The maximum atomic E-state index is 5.91. The van der Waals surface area contributed by atoms with Crippen LogP contribution in [0.15, 0.2) is 42.5 Å². The van der Waals surface area contributed by atoms with Gasteiger partial charge in [-0.3, -0.25) is 0 Å². The van der Waals surface area contributed by atoms with Gasteiger partial charge in [-0.05, 0) is 24.1 Å². The van der Waals surface area contributed by atoms with Gasteiger partial charge in [0.15, 0.2) is 0 Å². The summed E-state index contributed by atoms with van der Waals surface area (Å²) in [5.74, 6) is 0.866. The van der Waals surface area contributed by atoms with Crippen molar-refractivity contribution in [3.8, 4) is 11.4 Å². The van der Waals surface area contributed by atoms with E-state index in [1.807, 2.05) is 18.2 Å². The summed E-state index contributed by atoms with van der Waals surface area (Å²) in [6, 6.07) is 14.2. The smallest absolute Gasteiger partial charge is 0.138 e. The minimum atomic E-state index is 0.708. The van der Waals surface area contributed by atoms with E-state index in [4.69, 9.17) is 5.73 Å². The molecule has 0 spiro atoms. The van der Waals surface area contributed by atoms with Gasteiger partial charge in [-0.15, -0.1) is 0 Å². The molecule has 0 saturated carbocycles. The molecule has 18 heavy (non-hydrogen) atoms. The Labute approximate surface area is 106 Å². The van der Waals surface area contributed by atoms with Crippen molar-refractivity contribution in [2.45, 2.75) is 13.3 Å². The van der Waals surface area contributed by atoms with Gasteiger partial charge < -0.3 is 10.7 Å². The highest BCUT2D eigenvalue weighted by Crippen LogP contribution is 2.24. The molecule has 0 unspecified atom stereocenters. The number of hydrogen-bond acceptors (Lipinski definition) is 2. The lowest BCUT2D eigenvalue weighted by atomic mass is 10.1. The third-order valence-electron chi connectivity index (χ3n) is 3.18. The van der Waals surface area contributed by atoms with Crippen molar-refractivity contribution in [2.24, 2.45) is 0 Å². The van der Waals surface area contributed by atoms with Crippen molar-refractivity contribution in [3.05, 3.63) is 48.0 Å². The lowest BCUT2D eigenvalue weighted by Gasteiger charge is -1.98. The first-order valence-electron chi connectivity index (χ1n) is 6.11. The number of aryl methyl sites for hydroxylation is 1. The molecular weight excluding hydrogens is 222 g/mol. The average Bonchev–Trinajstić information content (AvgIpc) is 2.84. The Bertz CT molecular complexity index is 681. The summed E-state index contributed by atoms with van der Waals surface area (Å²) >= 11 is 0. The molecule has 0 aliphatic heterocycles. The van der Waals surface area contributed by atoms with Gasteiger partial charge in [-0.25, -0.2) is 4.98 Å². The Hall–Kier alpha value is -2.29. The number of aromatic amines is 1. The van der Waals surface area contributed by atoms with Crippen LogP contribution in [0, 0.1) is 0 Å². The van der Waals surface area contributed by atoms with Gasteiger partial charge in [0.2, 0.25) is 0 Å². The molecule has 0 atom stereocenters. The number of para-hydroxylation sites is 1. The fourth-order valence-corrected chi connectivity index (χ4v) is 2.09. The number of aromatic nitrogens is 2. The molecule has 3 aromatic rings. The number of imidazole rings is 1. The van der Waals surface area contributed by atoms with E-state index in [0.29, 0.717) is 5.69 Å². The molecule has 90 valence electrons. The normalized spacial score (nSPS) is 10.9. The van der Waals surface area contributed by atoms with Crippen LogP contribution in [0.3, 0.4) is 0 Å². The predicted molar refractivity (Wildman–Crippen MR) is 75.3 cm³/mol. The monoisotopic (exact) mass is 237 g/mol. The Morgan fingerprint density at radius 3 is 2.56 bits per heavy atom. The quantitative estimate of drug-likeness (QED) is 0.671. The third-order valence-corrected chi connectivity index (χ3v) is 3.18. The number of benzene rings is 2. The molecule has 3 heteroatoms. The topological polar surface area (TPSA) is 54.7 Å². The number of H-pyrrole nitrogens is 1. The molecule has 0 radical (unpaired) electrons. The largest absolute Gasteiger partial charge is 0.397 e. The van der Waals surface area contributed by atoms with Gasteiger partial charge >= 0.3 is 0 Å². The van der Waals surface area contributed by atoms with Crippen LogP contribution in [-0.4, -0.2) is 9.97 Å². The number of anilines is 1. The van der Waals surface area contributed by atoms with Gasteiger partial charge in [-0.1, -0.05) is 37.3 Å². The van der Waals surface area contributed by atoms with Crippen molar-refractivity contribution < 1.29 is 0 Å². The molecule has 1 aromatic heterocycles. The maximum absolute atomic E-state index is 5.91. The highest BCUT2D eigenvalue weighted by molar-refractivity contribution is 5.89. The average molecular weight is 237 g/mol. The molecule has 1 heterocycles. The first-order chi connectivity index (χ1) is 8.78. The van der Waals surface area contributed by atoms with Crippen LogP contribution < -0.4 is 5.73 Å². The van der Waals surface area contributed by atoms with Crippen LogP contribution in [0.4, 0.5) is 5.69 Å². The standard InChI is InChI=1S/C15H15N3/c1-2-10-6-8-11(9-7-10)15-17-13-5-3-4-12(16)14(13)18-15/h3-9H,2,16H2,1H3,(H,17,18). The van der Waals surface area contributed by atoms with E-state index in [2.05, 4.69) is 41.2 Å². The number of hydrogen-bond donors (Lipinski definition) is 2. The van der Waals surface area contributed by atoms with E-state index in [1.54, 1.807) is 0 Å². The van der Waals surface area contributed by atoms with Gasteiger partial charge in [0.1, 0.15) is 11.3 Å². The van der Waals surface area contributed by atoms with E-state index >= 15 is 0 Å². The fraction of sp³-hybridized carbons (Fsp3) is 0.133. The summed E-state index contributed by atoms with van der Waals surface area (Å²) < 4.78 is 0. The van der Waals surface area contributed by atoms with Crippen molar-refractivity contribution in [3.63, 3.8) is 0 Å². The highest BCUT2D eigenvalue weighted by atomic mass is 14.9. The number of nitrogens with zero attached hydrogens (tertiary/aromatic N) is 1. The Morgan fingerprint density at radius 1 is 1.11 bits per heavy atom. The second-order valence-electron chi connectivity index (χ2n) is 4.38. The highest BCUT2D eigenvalue weighted by Gasteiger charge is 2.06. The summed E-state index contributed by atoms with van der Waals surface area (Å²) in [6.45, 7) is 2.15. The molecular formula is C15H15N3. The summed E-state index contributed by atoms with van der Waals surface area (Å²) in [4.78, 5) is 7.86. The SMILES string of the molecule is CCc1ccc(-c2nc3c(N)cccc3[nH]2)cc1. The van der Waals surface area contributed by atoms with Gasteiger partial charge in [0.25, 0.3) is 0 Å². The fourth-order valence-electron chi connectivity index (χ4n) is 2.09. The Balaban J connectivity index is 2.10. The van der Waals surface area contributed by atoms with Crippen molar-refractivity contribution >= 4 is 16.7 Å². The van der Waals surface area contributed by atoms with Crippen molar-refractivity contribution in [1.29, 1.82) is 0 Å². The third kappa shape index (κ3) is 1.74. The summed E-state index contributed by atoms with van der Waals surface area (Å²) in [5.41, 5.74) is 10.8. The summed E-state index contributed by atoms with van der Waals surface area (Å²) in [5, 5.41) is 0. The lowest BCUT2D eigenvalue weighted by molar-refractivity contribution is 1.14. The molecule has 3 N–H and O–H groups in total. The van der Waals surface area contributed by atoms with Crippen molar-refractivity contribution in [1.82, 2.24) is 9.97 Å². The second-order valence-corrected chi connectivity index (χ2v) is 4.38. The Morgan fingerprint density at radius 2 is 1.89 bits per heavy atom. The van der Waals surface area contributed by atoms with Crippen LogP contribution in [0.5, 0.6) is 0 Å². The molecule has 0 aliphatic rings. The second kappa shape index (κ2) is 4.18. The zero-order valence-electron chi connectivity index (χ0n) is 10.3. The van der Waals surface area contributed by atoms with E-state index < -0.39 is 0 Å². The van der Waals surface area contributed by atoms with Gasteiger partial charge in [-0.2, -0.15) is 0 Å². The molecule has 0 aliphatic carbocycles. The van der Waals surface area contributed by atoms with Crippen LogP contribution >= 0.6 is 0 Å². The van der Waals surface area contributed by atoms with Crippen LogP contribution in [-0.2, 0) is 6.42 Å². The number of nitrogen functional groups attached to an aromatic ring is 1. The summed E-state index contributed by atoms with van der Waals surface area (Å²) in [6.07, 6.45) is 1.05. The molecule has 3 nitrogen and oxygen atoms in total.